The Morgan fingerprint density at radius 2 is 1.75 bits per heavy atom. The molecule has 2 amide bonds. The van der Waals surface area contributed by atoms with Crippen LogP contribution in [0.3, 0.4) is 0 Å². The summed E-state index contributed by atoms with van der Waals surface area (Å²) in [6.45, 7) is 4.64. The van der Waals surface area contributed by atoms with Crippen LogP contribution in [0, 0.1) is 0 Å². The van der Waals surface area contributed by atoms with Crippen molar-refractivity contribution >= 4 is 12.0 Å². The van der Waals surface area contributed by atoms with E-state index in [1.54, 1.807) is 12.1 Å². The molecule has 1 aromatic carbocycles. The number of carbonyl (C=O) groups excluding carboxylic acids is 1. The van der Waals surface area contributed by atoms with E-state index in [1.165, 1.54) is 12.1 Å². The molecule has 0 saturated heterocycles. The molecule has 24 heavy (non-hydrogen) atoms. The molecule has 0 aliphatic rings. The normalized spacial score (nSPS) is 10.4. The molecule has 1 aromatic heterocycles. The highest BCUT2D eigenvalue weighted by Crippen LogP contribution is 2.15. The van der Waals surface area contributed by atoms with Gasteiger partial charge in [-0.05, 0) is 24.1 Å². The maximum atomic E-state index is 11.9. The summed E-state index contributed by atoms with van der Waals surface area (Å²) in [7, 11) is 0. The van der Waals surface area contributed by atoms with Gasteiger partial charge in [0.1, 0.15) is 5.76 Å². The van der Waals surface area contributed by atoms with Crippen molar-refractivity contribution in [1.82, 2.24) is 15.8 Å². The van der Waals surface area contributed by atoms with Crippen molar-refractivity contribution in [2.24, 2.45) is 0 Å². The molecule has 0 bridgehead atoms. The molecule has 0 radical (unpaired) electrons. The number of aromatic nitrogens is 1. The van der Waals surface area contributed by atoms with E-state index in [2.05, 4.69) is 15.8 Å². The van der Waals surface area contributed by atoms with Gasteiger partial charge in [0.2, 0.25) is 0 Å². The first-order valence-electron chi connectivity index (χ1n) is 7.85. The van der Waals surface area contributed by atoms with Gasteiger partial charge in [0, 0.05) is 25.1 Å². The van der Waals surface area contributed by atoms with Crippen LogP contribution < -0.4 is 10.6 Å². The van der Waals surface area contributed by atoms with E-state index in [9.17, 15) is 9.59 Å². The third-order valence-corrected chi connectivity index (χ3v) is 3.69. The van der Waals surface area contributed by atoms with E-state index in [0.717, 1.165) is 35.4 Å². The molecule has 0 aliphatic heterocycles. The van der Waals surface area contributed by atoms with Gasteiger partial charge in [-0.25, -0.2) is 9.59 Å². The van der Waals surface area contributed by atoms with Crippen molar-refractivity contribution in [1.29, 1.82) is 0 Å². The molecular formula is C17H21N3O4. The van der Waals surface area contributed by atoms with Gasteiger partial charge in [-0.15, -0.1) is 0 Å². The molecule has 128 valence electrons. The van der Waals surface area contributed by atoms with Crippen molar-refractivity contribution < 1.29 is 19.2 Å². The second kappa shape index (κ2) is 8.14. The van der Waals surface area contributed by atoms with Gasteiger partial charge in [0.15, 0.2) is 0 Å². The number of nitrogens with one attached hydrogen (secondary N) is 2. The van der Waals surface area contributed by atoms with E-state index in [1.807, 2.05) is 13.8 Å². The lowest BCUT2D eigenvalue weighted by Crippen LogP contribution is -2.34. The fourth-order valence-corrected chi connectivity index (χ4v) is 2.32. The molecule has 2 rings (SSSR count). The molecule has 3 N–H and O–H groups in total. The Hall–Kier alpha value is -2.83. The summed E-state index contributed by atoms with van der Waals surface area (Å²) >= 11 is 0. The highest BCUT2D eigenvalue weighted by molar-refractivity contribution is 5.87. The van der Waals surface area contributed by atoms with Crippen LogP contribution in [-0.4, -0.2) is 22.3 Å². The molecule has 0 saturated carbocycles. The van der Waals surface area contributed by atoms with Crippen molar-refractivity contribution in [3.05, 3.63) is 52.4 Å². The van der Waals surface area contributed by atoms with Crippen molar-refractivity contribution in [2.75, 3.05) is 0 Å². The standard InChI is InChI=1S/C17H21N3O4/c1-3-14-13(15(4-2)24-20-14)10-19-17(23)18-9-11-5-7-12(8-6-11)16(21)22/h5-8H,3-4,9-10H2,1-2H3,(H,21,22)(H2,18,19,23). The molecule has 7 heteroatoms. The number of carboxylic acids is 1. The molecule has 2 aromatic rings. The first kappa shape index (κ1) is 17.5. The maximum absolute atomic E-state index is 11.9. The lowest BCUT2D eigenvalue weighted by Gasteiger charge is -2.08. The Labute approximate surface area is 140 Å². The van der Waals surface area contributed by atoms with E-state index < -0.39 is 5.97 Å². The zero-order valence-electron chi connectivity index (χ0n) is 13.8. The number of aryl methyl sites for hydroxylation is 2. The molecule has 0 fully saturated rings. The third-order valence-electron chi connectivity index (χ3n) is 3.69. The topological polar surface area (TPSA) is 104 Å². The number of carbonyl (C=O) groups is 2. The minimum atomic E-state index is -0.973. The zero-order chi connectivity index (χ0) is 17.5. The van der Waals surface area contributed by atoms with Crippen LogP contribution in [0.25, 0.3) is 0 Å². The predicted octanol–water partition coefficient (Wildman–Crippen LogP) is 2.50. The highest BCUT2D eigenvalue weighted by atomic mass is 16.5. The Kier molecular flexibility index (Phi) is 5.95. The van der Waals surface area contributed by atoms with Crippen LogP contribution in [0.1, 0.15) is 46.8 Å². The van der Waals surface area contributed by atoms with E-state index in [-0.39, 0.29) is 11.6 Å². The Morgan fingerprint density at radius 3 is 2.33 bits per heavy atom. The summed E-state index contributed by atoms with van der Waals surface area (Å²) < 4.78 is 5.26. The smallest absolute Gasteiger partial charge is 0.335 e. The second-order valence-electron chi connectivity index (χ2n) is 5.28. The monoisotopic (exact) mass is 331 g/mol. The SMILES string of the molecule is CCc1noc(CC)c1CNC(=O)NCc1ccc(C(=O)O)cc1. The van der Waals surface area contributed by atoms with Gasteiger partial charge in [0.25, 0.3) is 0 Å². The molecule has 0 unspecified atom stereocenters. The van der Waals surface area contributed by atoms with Gasteiger partial charge < -0.3 is 20.3 Å². The van der Waals surface area contributed by atoms with Crippen LogP contribution in [0.2, 0.25) is 0 Å². The molecule has 0 spiro atoms. The largest absolute Gasteiger partial charge is 0.478 e. The summed E-state index contributed by atoms with van der Waals surface area (Å²) in [5.74, 6) is -0.184. The number of nitrogens with zero attached hydrogens (tertiary/aromatic N) is 1. The molecule has 7 nitrogen and oxygen atoms in total. The molecule has 0 atom stereocenters. The lowest BCUT2D eigenvalue weighted by molar-refractivity contribution is 0.0697. The highest BCUT2D eigenvalue weighted by Gasteiger charge is 2.14. The summed E-state index contributed by atoms with van der Waals surface area (Å²) in [5, 5.41) is 18.4. The Bertz CT molecular complexity index is 686. The first-order chi connectivity index (χ1) is 11.5. The van der Waals surface area contributed by atoms with Gasteiger partial charge in [-0.1, -0.05) is 31.1 Å². The summed E-state index contributed by atoms with van der Waals surface area (Å²) in [4.78, 5) is 22.7. The Morgan fingerprint density at radius 1 is 1.08 bits per heavy atom. The Balaban J connectivity index is 1.85. The second-order valence-corrected chi connectivity index (χ2v) is 5.28. The maximum Gasteiger partial charge on any atom is 0.335 e. The van der Waals surface area contributed by atoms with Gasteiger partial charge in [-0.2, -0.15) is 0 Å². The van der Waals surface area contributed by atoms with E-state index >= 15 is 0 Å². The van der Waals surface area contributed by atoms with Crippen molar-refractivity contribution in [2.45, 2.75) is 39.8 Å². The average Bonchev–Trinajstić information content (AvgIpc) is 3.00. The number of rotatable bonds is 7. The average molecular weight is 331 g/mol. The van der Waals surface area contributed by atoms with Crippen molar-refractivity contribution in [3.63, 3.8) is 0 Å². The number of benzene rings is 1. The zero-order valence-corrected chi connectivity index (χ0v) is 13.8. The van der Waals surface area contributed by atoms with Crippen LogP contribution in [0.4, 0.5) is 4.79 Å². The predicted molar refractivity (Wildman–Crippen MR) is 87.7 cm³/mol. The van der Waals surface area contributed by atoms with E-state index in [0.29, 0.717) is 13.1 Å². The summed E-state index contributed by atoms with van der Waals surface area (Å²) in [6, 6.07) is 6.07. The van der Waals surface area contributed by atoms with E-state index in [4.69, 9.17) is 9.63 Å². The molecule has 1 heterocycles. The van der Waals surface area contributed by atoms with Gasteiger partial charge in [-0.3, -0.25) is 0 Å². The minimum Gasteiger partial charge on any atom is -0.478 e. The van der Waals surface area contributed by atoms with Crippen LogP contribution in [0.5, 0.6) is 0 Å². The van der Waals surface area contributed by atoms with Crippen LogP contribution in [-0.2, 0) is 25.9 Å². The molecular weight excluding hydrogens is 310 g/mol. The van der Waals surface area contributed by atoms with Crippen LogP contribution in [0.15, 0.2) is 28.8 Å². The quantitative estimate of drug-likeness (QED) is 0.723. The van der Waals surface area contributed by atoms with Gasteiger partial charge in [0.05, 0.1) is 11.3 Å². The van der Waals surface area contributed by atoms with Gasteiger partial charge >= 0.3 is 12.0 Å². The van der Waals surface area contributed by atoms with Crippen LogP contribution >= 0.6 is 0 Å². The summed E-state index contributed by atoms with van der Waals surface area (Å²) in [6.07, 6.45) is 1.47. The number of aromatic carboxylic acids is 1. The number of carboxylic acid groups (broad SMARTS) is 1. The third kappa shape index (κ3) is 4.34. The number of hydrogen-bond donors (Lipinski definition) is 3. The lowest BCUT2D eigenvalue weighted by atomic mass is 10.1. The first-order valence-corrected chi connectivity index (χ1v) is 7.85. The number of hydrogen-bond acceptors (Lipinski definition) is 4. The van der Waals surface area contributed by atoms with Crippen molar-refractivity contribution in [3.8, 4) is 0 Å². The summed E-state index contributed by atoms with van der Waals surface area (Å²) in [5.41, 5.74) is 2.83. The fraction of sp³-hybridized carbons (Fsp3) is 0.353. The number of amides is 2. The fourth-order valence-electron chi connectivity index (χ4n) is 2.32. The number of urea groups is 1. The molecule has 0 aliphatic carbocycles. The minimum absolute atomic E-state index is 0.217.